The smallest absolute Gasteiger partial charge is 0.254 e. The lowest BCUT2D eigenvalue weighted by molar-refractivity contribution is -0.141. The van der Waals surface area contributed by atoms with Crippen LogP contribution in [0.25, 0.3) is 31.3 Å². The minimum atomic E-state index is -0.800. The molecule has 3 aliphatic rings. The standard InChI is InChI=1S/3C30H40N4O6S/c3*1-7-38-18(4)15-39-26-13-25(40-33-26)27(17(2)3)30(37)34-14-23(35)12-24(34)29(36)32-19(5)21-8-10-22(11-9-21)28-20(6)31-16-41-28/h3*8-11,13,16-19,23-24,27,35H,7,12,14-15H2,1-6H3,(H,32,36)/t18?,19-,23+,24-,27?;18?,19-,23+,24-,27+;18?,19-,23+,24-,27-/m000/s1. The fraction of sp³-hybridized carbons (Fsp3) is 0.533. The Morgan fingerprint density at radius 3 is 0.862 bits per heavy atom. The highest BCUT2D eigenvalue weighted by Crippen LogP contribution is 2.39. The van der Waals surface area contributed by atoms with Gasteiger partial charge in [0.05, 0.1) is 103 Å². The van der Waals surface area contributed by atoms with E-state index in [4.69, 9.17) is 42.0 Å². The van der Waals surface area contributed by atoms with Crippen molar-refractivity contribution in [3.63, 3.8) is 0 Å². The molecular weight excluding hydrogens is 1630 g/mol. The molecule has 9 heterocycles. The lowest BCUT2D eigenvalue weighted by Crippen LogP contribution is -2.48. The van der Waals surface area contributed by atoms with Crippen LogP contribution in [-0.2, 0) is 43.0 Å². The van der Waals surface area contributed by atoms with Crippen molar-refractivity contribution in [2.75, 3.05) is 59.3 Å². The molecule has 6 N–H and O–H groups in total. The maximum absolute atomic E-state index is 13.8. The van der Waals surface area contributed by atoms with Crippen LogP contribution >= 0.6 is 34.0 Å². The number of benzene rings is 3. The van der Waals surface area contributed by atoms with Crippen LogP contribution < -0.4 is 30.2 Å². The van der Waals surface area contributed by atoms with Crippen molar-refractivity contribution < 1.29 is 86.1 Å². The van der Waals surface area contributed by atoms with Gasteiger partial charge >= 0.3 is 0 Å². The number of rotatable bonds is 36. The van der Waals surface area contributed by atoms with Crippen LogP contribution in [0, 0.1) is 38.5 Å². The zero-order valence-electron chi connectivity index (χ0n) is 73.5. The average molecular weight is 1750 g/mol. The molecule has 0 spiro atoms. The molecule has 3 aromatic carbocycles. The topological polar surface area (TPSA) is 381 Å². The highest BCUT2D eigenvalue weighted by Gasteiger charge is 2.47. The number of aliphatic hydroxyl groups excluding tert-OH is 3. The van der Waals surface area contributed by atoms with E-state index in [2.05, 4.69) is 46.4 Å². The third-order valence-corrected chi connectivity index (χ3v) is 24.8. The second-order valence-corrected chi connectivity index (χ2v) is 35.2. The number of nitrogens with zero attached hydrogens (tertiary/aromatic N) is 9. The van der Waals surface area contributed by atoms with Crippen LogP contribution in [0.4, 0.5) is 0 Å². The molecule has 30 nitrogen and oxygen atoms in total. The molecule has 3 saturated heterocycles. The van der Waals surface area contributed by atoms with Gasteiger partial charge in [-0.2, -0.15) is 0 Å². The molecule has 0 saturated carbocycles. The van der Waals surface area contributed by atoms with Crippen molar-refractivity contribution in [3.05, 3.63) is 159 Å². The van der Waals surface area contributed by atoms with E-state index >= 15 is 0 Å². The minimum Gasteiger partial charge on any atom is -0.473 e. The summed E-state index contributed by atoms with van der Waals surface area (Å²) in [6.07, 6.45) is -2.24. The number of β-amino-alcohol motifs (C(OH)–C–C–N with tert-alkyl or cyclic N) is 3. The van der Waals surface area contributed by atoms with Gasteiger partial charge in [-0.3, -0.25) is 28.8 Å². The van der Waals surface area contributed by atoms with Gasteiger partial charge in [0, 0.05) is 76.9 Å². The first-order valence-electron chi connectivity index (χ1n) is 42.3. The molecule has 0 radical (unpaired) electrons. The van der Waals surface area contributed by atoms with Gasteiger partial charge in [-0.15, -0.1) is 34.0 Å². The number of likely N-dealkylation sites (tertiary alicyclic amines) is 3. The highest BCUT2D eigenvalue weighted by molar-refractivity contribution is 7.14. The van der Waals surface area contributed by atoms with Gasteiger partial charge in [0.1, 0.15) is 55.7 Å². The minimum absolute atomic E-state index is 0.0702. The second kappa shape index (κ2) is 44.7. The number of aryl methyl sites for hydroxylation is 3. The van der Waals surface area contributed by atoms with Crippen molar-refractivity contribution >= 4 is 69.5 Å². The Hall–Kier alpha value is -9.84. The summed E-state index contributed by atoms with van der Waals surface area (Å²) in [5.41, 5.74) is 14.5. The quantitative estimate of drug-likeness (QED) is 0.0212. The summed E-state index contributed by atoms with van der Waals surface area (Å²) in [7, 11) is 0. The van der Waals surface area contributed by atoms with Gasteiger partial charge in [0.15, 0.2) is 17.3 Å². The number of carbonyl (C=O) groups excluding carboxylic acids is 6. The molecule has 15 atom stereocenters. The fourth-order valence-corrected chi connectivity index (χ4v) is 17.8. The summed E-state index contributed by atoms with van der Waals surface area (Å²) in [4.78, 5) is 102. The third-order valence-electron chi connectivity index (χ3n) is 21.9. The summed E-state index contributed by atoms with van der Waals surface area (Å²) in [5.74, 6) is -2.43. The summed E-state index contributed by atoms with van der Waals surface area (Å²) in [6.45, 7) is 37.4. The molecule has 4 unspecified atom stereocenters. The molecule has 3 aliphatic heterocycles. The number of hydrogen-bond acceptors (Lipinski definition) is 27. The van der Waals surface area contributed by atoms with E-state index in [0.29, 0.717) is 56.9 Å². The Morgan fingerprint density at radius 1 is 0.407 bits per heavy atom. The first-order valence-corrected chi connectivity index (χ1v) is 44.9. The maximum atomic E-state index is 13.8. The predicted octanol–water partition coefficient (Wildman–Crippen LogP) is 13.5. The summed E-state index contributed by atoms with van der Waals surface area (Å²) in [6, 6.07) is 25.6. The SMILES string of the molecule is CCOC(C)COc1cc(C(C(=O)N2C[C@H](O)C[C@H]2C(=O)N[C@@H](C)c2ccc(-c3scnc3C)cc2)C(C)C)on1.CCOC(C)COc1cc([C@@H](C(=O)N2C[C@H](O)C[C@H]2C(=O)N[C@@H](C)c2ccc(-c3scnc3C)cc2)C(C)C)on1.CCOC(C)COc1cc([C@H](C(=O)N2C[C@H](O)C[C@H]2C(=O)N[C@@H](C)c2ccc(-c3scnc3C)cc2)C(C)C)on1. The highest BCUT2D eigenvalue weighted by atomic mass is 32.1. The zero-order valence-corrected chi connectivity index (χ0v) is 75.9. The van der Waals surface area contributed by atoms with Crippen molar-refractivity contribution in [3.8, 4) is 49.0 Å². The molecule has 33 heteroatoms. The first kappa shape index (κ1) is 95.4. The third kappa shape index (κ3) is 25.0. The summed E-state index contributed by atoms with van der Waals surface area (Å²) >= 11 is 4.78. The number of carbonyl (C=O) groups is 6. The van der Waals surface area contributed by atoms with Gasteiger partial charge in [0.2, 0.25) is 35.4 Å². The lowest BCUT2D eigenvalue weighted by Gasteiger charge is -2.29. The Kier molecular flexibility index (Phi) is 34.6. The van der Waals surface area contributed by atoms with Gasteiger partial charge in [-0.05, 0) is 150 Å². The number of aromatic nitrogens is 6. The van der Waals surface area contributed by atoms with E-state index in [1.165, 1.54) is 14.7 Å². The molecule has 6 aromatic heterocycles. The van der Waals surface area contributed by atoms with E-state index in [9.17, 15) is 44.1 Å². The van der Waals surface area contributed by atoms with Crippen LogP contribution in [0.5, 0.6) is 17.6 Å². The fourth-order valence-electron chi connectivity index (χ4n) is 15.4. The van der Waals surface area contributed by atoms with Crippen LogP contribution in [0.15, 0.2) is 121 Å². The van der Waals surface area contributed by atoms with Gasteiger partial charge in [0.25, 0.3) is 17.6 Å². The van der Waals surface area contributed by atoms with Crippen molar-refractivity contribution in [1.82, 2.24) is 61.1 Å². The first-order chi connectivity index (χ1) is 58.7. The molecule has 9 aromatic rings. The van der Waals surface area contributed by atoms with E-state index in [1.54, 1.807) is 52.2 Å². The van der Waals surface area contributed by atoms with Gasteiger partial charge in [-0.1, -0.05) is 114 Å². The molecule has 3 fully saturated rings. The van der Waals surface area contributed by atoms with Crippen LogP contribution in [-0.4, -0.2) is 210 Å². The van der Waals surface area contributed by atoms with E-state index < -0.39 is 54.2 Å². The summed E-state index contributed by atoms with van der Waals surface area (Å²) in [5, 5.41) is 52.5. The predicted molar refractivity (Wildman–Crippen MR) is 467 cm³/mol. The van der Waals surface area contributed by atoms with Crippen molar-refractivity contribution in [2.45, 2.75) is 235 Å². The van der Waals surface area contributed by atoms with Crippen LogP contribution in [0.3, 0.4) is 0 Å². The molecule has 0 bridgehead atoms. The molecule has 666 valence electrons. The number of nitrogens with one attached hydrogen (secondary N) is 3. The largest absolute Gasteiger partial charge is 0.473 e. The molecule has 123 heavy (non-hydrogen) atoms. The summed E-state index contributed by atoms with van der Waals surface area (Å²) < 4.78 is 50.0. The average Bonchev–Trinajstić information content (AvgIpc) is 1.74. The number of amides is 6. The van der Waals surface area contributed by atoms with E-state index in [0.717, 1.165) is 65.1 Å². The number of ether oxygens (including phenoxy) is 6. The second-order valence-electron chi connectivity index (χ2n) is 32.6. The van der Waals surface area contributed by atoms with Gasteiger partial charge < -0.3 is 88.0 Å². The lowest BCUT2D eigenvalue weighted by atomic mass is 9.91. The Balaban J connectivity index is 0.000000193. The Bertz CT molecular complexity index is 4390. The van der Waals surface area contributed by atoms with Gasteiger partial charge in [-0.25, -0.2) is 15.0 Å². The number of thiazole rings is 3. The van der Waals surface area contributed by atoms with Crippen molar-refractivity contribution in [2.24, 2.45) is 17.8 Å². The van der Waals surface area contributed by atoms with Crippen molar-refractivity contribution in [1.29, 1.82) is 0 Å². The Morgan fingerprint density at radius 2 is 0.650 bits per heavy atom. The monoisotopic (exact) mass is 1750 g/mol. The molecule has 6 amide bonds. The normalized spacial score (nSPS) is 19.3. The molecular formula is C90H120N12O18S3. The number of aliphatic hydroxyl groups is 3. The van der Waals surface area contributed by atoms with Crippen LogP contribution in [0.2, 0.25) is 0 Å². The number of hydrogen-bond donors (Lipinski definition) is 6. The van der Waals surface area contributed by atoms with Crippen LogP contribution in [0.1, 0.15) is 210 Å². The zero-order chi connectivity index (χ0) is 89.0. The molecule has 12 rings (SSSR count). The Labute approximate surface area is 731 Å². The molecule has 0 aliphatic carbocycles. The van der Waals surface area contributed by atoms with E-state index in [-0.39, 0.29) is 146 Å². The maximum Gasteiger partial charge on any atom is 0.254 e. The van der Waals surface area contributed by atoms with E-state index in [1.807, 2.05) is 214 Å².